The topological polar surface area (TPSA) is 60.7 Å². The van der Waals surface area contributed by atoms with Crippen LogP contribution in [0.5, 0.6) is 0 Å². The maximum Gasteiger partial charge on any atom is 0.410 e. The minimum Gasteiger partial charge on any atom is -0.192 e. The lowest BCUT2D eigenvalue weighted by Crippen LogP contribution is -2.38. The fourth-order valence-corrected chi connectivity index (χ4v) is 9.90. The molecule has 0 aromatic heterocycles. The molecule has 4 aromatic rings. The Bertz CT molecular complexity index is 2170. The van der Waals surface area contributed by atoms with Crippen molar-refractivity contribution in [3.05, 3.63) is 93.0 Å². The average molecular weight is 896 g/mol. The zero-order chi connectivity index (χ0) is 49.6. The summed E-state index contributed by atoms with van der Waals surface area (Å²) in [6.45, 7) is 60.1. The van der Waals surface area contributed by atoms with E-state index in [0.29, 0.717) is 23.7 Å². The van der Waals surface area contributed by atoms with Crippen LogP contribution in [-0.4, -0.2) is 19.8 Å². The molecule has 0 radical (unpaired) electrons. The van der Waals surface area contributed by atoms with Crippen molar-refractivity contribution >= 4 is 29.5 Å². The van der Waals surface area contributed by atoms with Crippen molar-refractivity contribution in [3.63, 3.8) is 0 Å². The van der Waals surface area contributed by atoms with Crippen molar-refractivity contribution in [1.29, 1.82) is 0 Å². The second-order valence-corrected chi connectivity index (χ2v) is 28.6. The zero-order valence-corrected chi connectivity index (χ0v) is 46.8. The van der Waals surface area contributed by atoms with E-state index < -0.39 is 19.0 Å². The summed E-state index contributed by atoms with van der Waals surface area (Å²) < 4.78 is 0. The maximum atomic E-state index is 12.0. The predicted octanol–water partition coefficient (Wildman–Crippen LogP) is 17.2. The normalized spacial score (nSPS) is 14.7. The molecular formula is C60H96O3P+. The van der Waals surface area contributed by atoms with Crippen LogP contribution in [0.3, 0.4) is 0 Å². The SMILES string of the molecule is CC(C)C(C)(C)c1cc(C(C)(C)C(C)C)c2cc(C(c3cc4c(C(C)(C)C(C)C)cc(C(C)(C)C(C)C)cc4cc3C(C)(C)C(C)C)C(C)(C)[P+](O)(O)O)c(C(C)(C)C(C)C)cc2c1. The van der Waals surface area contributed by atoms with E-state index in [2.05, 4.69) is 215 Å². The summed E-state index contributed by atoms with van der Waals surface area (Å²) >= 11 is 0. The van der Waals surface area contributed by atoms with Gasteiger partial charge in [-0.2, -0.15) is 14.7 Å². The molecule has 4 rings (SSSR count). The Morgan fingerprint density at radius 1 is 0.328 bits per heavy atom. The maximum absolute atomic E-state index is 12.0. The lowest BCUT2D eigenvalue weighted by Gasteiger charge is -2.43. The van der Waals surface area contributed by atoms with E-state index in [4.69, 9.17) is 0 Å². The predicted molar refractivity (Wildman–Crippen MR) is 285 cm³/mol. The monoisotopic (exact) mass is 896 g/mol. The lowest BCUT2D eigenvalue weighted by molar-refractivity contribution is 0.281. The fraction of sp³-hybridized carbons (Fsp3) is 0.667. The first-order chi connectivity index (χ1) is 28.6. The first-order valence-electron chi connectivity index (χ1n) is 25.0. The minimum absolute atomic E-state index is 0.0597. The van der Waals surface area contributed by atoms with Crippen LogP contribution in [0.4, 0.5) is 0 Å². The van der Waals surface area contributed by atoms with Gasteiger partial charge < -0.3 is 0 Å². The van der Waals surface area contributed by atoms with Crippen LogP contribution in [0.2, 0.25) is 0 Å². The average Bonchev–Trinajstić information content (AvgIpc) is 3.15. The second kappa shape index (κ2) is 17.7. The number of hydrogen-bond acceptors (Lipinski definition) is 3. The molecule has 0 bridgehead atoms. The van der Waals surface area contributed by atoms with Crippen molar-refractivity contribution in [2.45, 2.75) is 224 Å². The Kier molecular flexibility index (Phi) is 15.0. The van der Waals surface area contributed by atoms with Crippen LogP contribution in [0.25, 0.3) is 21.5 Å². The molecule has 4 heteroatoms. The van der Waals surface area contributed by atoms with Crippen LogP contribution in [0.15, 0.2) is 48.5 Å². The van der Waals surface area contributed by atoms with E-state index in [1.54, 1.807) is 0 Å². The third-order valence-corrected chi connectivity index (χ3v) is 21.1. The lowest BCUT2D eigenvalue weighted by atomic mass is 9.63. The molecule has 0 spiro atoms. The highest BCUT2D eigenvalue weighted by atomic mass is 31.2. The Labute approximate surface area is 394 Å². The van der Waals surface area contributed by atoms with Crippen molar-refractivity contribution in [1.82, 2.24) is 0 Å². The largest absolute Gasteiger partial charge is 0.410 e. The van der Waals surface area contributed by atoms with Crippen molar-refractivity contribution < 1.29 is 14.7 Å². The molecule has 4 aromatic carbocycles. The third-order valence-electron chi connectivity index (χ3n) is 19.3. The molecule has 0 aliphatic heterocycles. The van der Waals surface area contributed by atoms with E-state index in [9.17, 15) is 14.7 Å². The molecule has 0 saturated carbocycles. The summed E-state index contributed by atoms with van der Waals surface area (Å²) in [7, 11) is -4.52. The highest BCUT2D eigenvalue weighted by Gasteiger charge is 2.58. The van der Waals surface area contributed by atoms with Gasteiger partial charge in [0.1, 0.15) is 0 Å². The molecule has 0 fully saturated rings. The molecular weight excluding hydrogens is 800 g/mol. The van der Waals surface area contributed by atoms with Gasteiger partial charge >= 0.3 is 7.94 Å². The van der Waals surface area contributed by atoms with Gasteiger partial charge in [-0.3, -0.25) is 0 Å². The minimum atomic E-state index is -4.52. The van der Waals surface area contributed by atoms with Gasteiger partial charge in [0.2, 0.25) is 0 Å². The Morgan fingerprint density at radius 3 is 0.812 bits per heavy atom. The van der Waals surface area contributed by atoms with Crippen molar-refractivity contribution in [3.8, 4) is 0 Å². The van der Waals surface area contributed by atoms with E-state index in [-0.39, 0.29) is 44.3 Å². The van der Waals surface area contributed by atoms with Crippen LogP contribution in [0.1, 0.15) is 230 Å². The molecule has 0 atom stereocenters. The summed E-state index contributed by atoms with van der Waals surface area (Å²) in [6.07, 6.45) is 0. The molecule has 3 nitrogen and oxygen atoms in total. The molecule has 3 N–H and O–H groups in total. The van der Waals surface area contributed by atoms with Crippen molar-refractivity contribution in [2.24, 2.45) is 35.5 Å². The van der Waals surface area contributed by atoms with E-state index >= 15 is 0 Å². The first-order valence-corrected chi connectivity index (χ1v) is 26.6. The summed E-state index contributed by atoms with van der Waals surface area (Å²) in [5.41, 5.74) is 8.74. The highest BCUT2D eigenvalue weighted by molar-refractivity contribution is 7.60. The standard InChI is InChI=1S/C60H96O3P/c1-35(2)54(13,14)43-27-41-29-49(56(17,18)37(5)6)47(33-45(41)51(31-43)58(21,22)39(9)10)53(60(25,26)64(61,62)63)48-34-46-42(30-50(48)57(19,20)38(7)8)28-44(55(15,16)36(3)4)32-52(46)59(23,24)40(11)12/h27-40,53,61-63H,1-26H3/q+1. The van der Waals surface area contributed by atoms with Gasteiger partial charge in [-0.05, 0) is 160 Å². The van der Waals surface area contributed by atoms with E-state index in [0.717, 1.165) is 11.1 Å². The Morgan fingerprint density at radius 2 is 0.578 bits per heavy atom. The Balaban J connectivity index is 2.50. The zero-order valence-electron chi connectivity index (χ0n) is 45.9. The number of fused-ring (bicyclic) bond motifs is 2. The molecule has 0 heterocycles. The first kappa shape index (κ1) is 54.3. The van der Waals surface area contributed by atoms with Gasteiger partial charge in [-0.25, -0.2) is 0 Å². The summed E-state index contributed by atoms with van der Waals surface area (Å²) in [5.74, 6) is 1.51. The highest BCUT2D eigenvalue weighted by Crippen LogP contribution is 2.66. The van der Waals surface area contributed by atoms with Gasteiger partial charge in [-0.1, -0.05) is 203 Å². The van der Waals surface area contributed by atoms with Gasteiger partial charge in [0, 0.05) is 0 Å². The van der Waals surface area contributed by atoms with Crippen molar-refractivity contribution in [2.75, 3.05) is 0 Å². The van der Waals surface area contributed by atoms with Gasteiger partial charge in [0.25, 0.3) is 0 Å². The summed E-state index contributed by atoms with van der Waals surface area (Å²) in [4.78, 5) is 35.9. The molecule has 0 aliphatic carbocycles. The van der Waals surface area contributed by atoms with Crippen LogP contribution >= 0.6 is 7.94 Å². The molecule has 0 unspecified atom stereocenters. The van der Waals surface area contributed by atoms with Crippen LogP contribution in [-0.2, 0) is 32.5 Å². The fourth-order valence-electron chi connectivity index (χ4n) is 9.27. The summed E-state index contributed by atoms with van der Waals surface area (Å²) in [6, 6.07) is 19.7. The number of hydrogen-bond donors (Lipinski definition) is 3. The quantitative estimate of drug-likeness (QED) is 0.0982. The number of benzene rings is 4. The van der Waals surface area contributed by atoms with Crippen LogP contribution < -0.4 is 0 Å². The second-order valence-electron chi connectivity index (χ2n) is 26.3. The smallest absolute Gasteiger partial charge is 0.192 e. The van der Waals surface area contributed by atoms with E-state index in [1.807, 2.05) is 13.8 Å². The Hall–Kier alpha value is -2.29. The van der Waals surface area contributed by atoms with Gasteiger partial charge in [0.15, 0.2) is 5.16 Å². The molecule has 358 valence electrons. The summed E-state index contributed by atoms with van der Waals surface area (Å²) in [5, 5.41) is 3.48. The number of rotatable bonds is 16. The van der Waals surface area contributed by atoms with Gasteiger partial charge in [0.05, 0.1) is 5.92 Å². The third kappa shape index (κ3) is 9.31. The molecule has 0 saturated heterocycles. The molecule has 0 amide bonds. The van der Waals surface area contributed by atoms with Gasteiger partial charge in [-0.15, -0.1) is 0 Å². The van der Waals surface area contributed by atoms with Crippen LogP contribution in [0, 0.1) is 35.5 Å². The molecule has 0 aliphatic rings. The van der Waals surface area contributed by atoms with E-state index in [1.165, 1.54) is 54.9 Å². The molecule has 64 heavy (non-hydrogen) atoms.